The van der Waals surface area contributed by atoms with Crippen molar-refractivity contribution >= 4 is 11.9 Å². The van der Waals surface area contributed by atoms with Gasteiger partial charge in [-0.1, -0.05) is 24.6 Å². The molecule has 0 saturated heterocycles. The SMILES string of the molecule is CCN(CC(=O)O)C1CC(NC(=O)Cc2cc(C)ccc2OC)C1. The highest BCUT2D eigenvalue weighted by Crippen LogP contribution is 2.26. The molecule has 0 unspecified atom stereocenters. The molecule has 6 heteroatoms. The summed E-state index contributed by atoms with van der Waals surface area (Å²) in [5, 5.41) is 11.9. The average Bonchev–Trinajstić information content (AvgIpc) is 2.48. The Bertz CT molecular complexity index is 597. The molecule has 0 bridgehead atoms. The molecule has 1 fully saturated rings. The maximum absolute atomic E-state index is 12.2. The number of aryl methyl sites for hydroxylation is 1. The lowest BCUT2D eigenvalue weighted by Gasteiger charge is -2.42. The number of benzene rings is 1. The van der Waals surface area contributed by atoms with Crippen molar-refractivity contribution in [2.24, 2.45) is 0 Å². The molecule has 2 rings (SSSR count). The number of likely N-dealkylation sites (N-methyl/N-ethyl adjacent to an activating group) is 1. The first-order valence-electron chi connectivity index (χ1n) is 8.31. The number of carbonyl (C=O) groups is 2. The molecule has 1 aromatic rings. The van der Waals surface area contributed by atoms with Gasteiger partial charge in [-0.15, -0.1) is 0 Å². The maximum atomic E-state index is 12.2. The van der Waals surface area contributed by atoms with Gasteiger partial charge in [-0.05, 0) is 32.4 Å². The van der Waals surface area contributed by atoms with Crippen molar-refractivity contribution in [3.63, 3.8) is 0 Å². The summed E-state index contributed by atoms with van der Waals surface area (Å²) in [5.41, 5.74) is 1.97. The third-order valence-electron chi connectivity index (χ3n) is 4.53. The lowest BCUT2D eigenvalue weighted by molar-refractivity contribution is -0.139. The summed E-state index contributed by atoms with van der Waals surface area (Å²) in [6, 6.07) is 6.17. The molecule has 0 radical (unpaired) electrons. The number of aliphatic carboxylic acids is 1. The number of ether oxygens (including phenoxy) is 1. The molecule has 0 spiro atoms. The van der Waals surface area contributed by atoms with Crippen LogP contribution in [0.2, 0.25) is 0 Å². The van der Waals surface area contributed by atoms with Crippen molar-refractivity contribution < 1.29 is 19.4 Å². The molecule has 24 heavy (non-hydrogen) atoms. The van der Waals surface area contributed by atoms with E-state index in [1.54, 1.807) is 7.11 Å². The zero-order chi connectivity index (χ0) is 17.7. The highest BCUT2D eigenvalue weighted by atomic mass is 16.5. The van der Waals surface area contributed by atoms with Crippen LogP contribution >= 0.6 is 0 Å². The molecule has 6 nitrogen and oxygen atoms in total. The number of nitrogens with zero attached hydrogens (tertiary/aromatic N) is 1. The molecule has 132 valence electrons. The van der Waals surface area contributed by atoms with Crippen molar-refractivity contribution in [1.82, 2.24) is 10.2 Å². The summed E-state index contributed by atoms with van der Waals surface area (Å²) < 4.78 is 5.30. The van der Waals surface area contributed by atoms with E-state index in [9.17, 15) is 9.59 Å². The molecule has 0 atom stereocenters. The Kier molecular flexibility index (Phi) is 6.20. The van der Waals surface area contributed by atoms with E-state index < -0.39 is 5.97 Å². The van der Waals surface area contributed by atoms with E-state index in [1.165, 1.54) is 0 Å². The first kappa shape index (κ1) is 18.3. The van der Waals surface area contributed by atoms with Crippen LogP contribution in [0.4, 0.5) is 0 Å². The highest BCUT2D eigenvalue weighted by Gasteiger charge is 2.34. The topological polar surface area (TPSA) is 78.9 Å². The summed E-state index contributed by atoms with van der Waals surface area (Å²) in [6.45, 7) is 4.71. The van der Waals surface area contributed by atoms with Crippen molar-refractivity contribution in [1.29, 1.82) is 0 Å². The molecule has 0 heterocycles. The molecule has 1 saturated carbocycles. The quantitative estimate of drug-likeness (QED) is 0.755. The predicted octanol–water partition coefficient (Wildman–Crippen LogP) is 1.60. The first-order valence-corrected chi connectivity index (χ1v) is 8.31. The molecule has 0 aliphatic heterocycles. The second kappa shape index (κ2) is 8.15. The minimum Gasteiger partial charge on any atom is -0.496 e. The molecule has 2 N–H and O–H groups in total. The van der Waals surface area contributed by atoms with Gasteiger partial charge in [0, 0.05) is 17.6 Å². The summed E-state index contributed by atoms with van der Waals surface area (Å²) in [5.74, 6) is -0.111. The van der Waals surface area contributed by atoms with Crippen molar-refractivity contribution in [3.8, 4) is 5.75 Å². The highest BCUT2D eigenvalue weighted by molar-refractivity contribution is 5.79. The van der Waals surface area contributed by atoms with Crippen molar-refractivity contribution in [3.05, 3.63) is 29.3 Å². The van der Waals surface area contributed by atoms with Crippen LogP contribution in [0.1, 0.15) is 30.9 Å². The van der Waals surface area contributed by atoms with Crippen LogP contribution in [0.5, 0.6) is 5.75 Å². The third-order valence-corrected chi connectivity index (χ3v) is 4.53. The fraction of sp³-hybridized carbons (Fsp3) is 0.556. The van der Waals surface area contributed by atoms with Gasteiger partial charge in [0.15, 0.2) is 0 Å². The van der Waals surface area contributed by atoms with Crippen LogP contribution < -0.4 is 10.1 Å². The maximum Gasteiger partial charge on any atom is 0.317 e. The van der Waals surface area contributed by atoms with Gasteiger partial charge < -0.3 is 15.2 Å². The van der Waals surface area contributed by atoms with Gasteiger partial charge in [0.05, 0.1) is 20.1 Å². The predicted molar refractivity (Wildman–Crippen MR) is 91.3 cm³/mol. The van der Waals surface area contributed by atoms with Gasteiger partial charge in [0.2, 0.25) is 5.91 Å². The van der Waals surface area contributed by atoms with Gasteiger partial charge in [-0.25, -0.2) is 0 Å². The fourth-order valence-electron chi connectivity index (χ4n) is 3.17. The zero-order valence-electron chi connectivity index (χ0n) is 14.5. The largest absolute Gasteiger partial charge is 0.496 e. The van der Waals surface area contributed by atoms with Crippen molar-refractivity contribution in [2.45, 2.75) is 45.2 Å². The van der Waals surface area contributed by atoms with Crippen LogP contribution in [0.25, 0.3) is 0 Å². The minimum absolute atomic E-state index is 0.0244. The van der Waals surface area contributed by atoms with Gasteiger partial charge in [-0.2, -0.15) is 0 Å². The number of nitrogens with one attached hydrogen (secondary N) is 1. The normalized spacial score (nSPS) is 19.7. The Morgan fingerprint density at radius 1 is 1.38 bits per heavy atom. The van der Waals surface area contributed by atoms with Gasteiger partial charge in [-0.3, -0.25) is 14.5 Å². The van der Waals surface area contributed by atoms with E-state index in [1.807, 2.05) is 36.9 Å². The van der Waals surface area contributed by atoms with E-state index in [4.69, 9.17) is 9.84 Å². The van der Waals surface area contributed by atoms with Crippen LogP contribution in [0.3, 0.4) is 0 Å². The summed E-state index contributed by atoms with van der Waals surface area (Å²) in [6.07, 6.45) is 1.90. The minimum atomic E-state index is -0.809. The number of hydrogen-bond acceptors (Lipinski definition) is 4. The number of hydrogen-bond donors (Lipinski definition) is 2. The second-order valence-corrected chi connectivity index (χ2v) is 6.34. The lowest BCUT2D eigenvalue weighted by Crippen LogP contribution is -2.55. The molecule has 1 aliphatic carbocycles. The van der Waals surface area contributed by atoms with E-state index in [2.05, 4.69) is 5.32 Å². The fourth-order valence-corrected chi connectivity index (χ4v) is 3.17. The van der Waals surface area contributed by atoms with Crippen LogP contribution in [-0.2, 0) is 16.0 Å². The smallest absolute Gasteiger partial charge is 0.317 e. The van der Waals surface area contributed by atoms with Crippen molar-refractivity contribution in [2.75, 3.05) is 20.2 Å². The number of carbonyl (C=O) groups excluding carboxylic acids is 1. The van der Waals surface area contributed by atoms with E-state index in [-0.39, 0.29) is 24.5 Å². The van der Waals surface area contributed by atoms with E-state index in [0.29, 0.717) is 13.0 Å². The average molecular weight is 334 g/mol. The standard InChI is InChI=1S/C18H26N2O4/c1-4-20(11-18(22)23)15-9-14(10-15)19-17(21)8-13-7-12(2)5-6-16(13)24-3/h5-7,14-15H,4,8-11H2,1-3H3,(H,19,21)(H,22,23). The molecule has 0 aromatic heterocycles. The number of carboxylic acid groups (broad SMARTS) is 1. The Labute approximate surface area is 142 Å². The molecular weight excluding hydrogens is 308 g/mol. The Morgan fingerprint density at radius 3 is 2.67 bits per heavy atom. The van der Waals surface area contributed by atoms with Crippen LogP contribution in [0.15, 0.2) is 18.2 Å². The number of carboxylic acids is 1. The summed E-state index contributed by atoms with van der Waals surface area (Å²) in [4.78, 5) is 25.0. The van der Waals surface area contributed by atoms with E-state index >= 15 is 0 Å². The molecular formula is C18H26N2O4. The molecule has 1 aliphatic rings. The molecule has 1 amide bonds. The van der Waals surface area contributed by atoms with Gasteiger partial charge in [0.1, 0.15) is 5.75 Å². The second-order valence-electron chi connectivity index (χ2n) is 6.34. The Balaban J connectivity index is 1.83. The Hall–Kier alpha value is -2.08. The monoisotopic (exact) mass is 334 g/mol. The lowest BCUT2D eigenvalue weighted by atomic mass is 9.85. The number of methoxy groups -OCH3 is 1. The zero-order valence-corrected chi connectivity index (χ0v) is 14.5. The number of rotatable bonds is 8. The molecule has 1 aromatic carbocycles. The summed E-state index contributed by atoms with van der Waals surface area (Å²) >= 11 is 0. The third kappa shape index (κ3) is 4.71. The van der Waals surface area contributed by atoms with Gasteiger partial charge >= 0.3 is 5.97 Å². The first-order chi connectivity index (χ1) is 11.4. The Morgan fingerprint density at radius 2 is 2.08 bits per heavy atom. The van der Waals surface area contributed by atoms with Crippen LogP contribution in [0, 0.1) is 6.92 Å². The summed E-state index contributed by atoms with van der Waals surface area (Å²) in [7, 11) is 1.60. The van der Waals surface area contributed by atoms with Gasteiger partial charge in [0.25, 0.3) is 0 Å². The van der Waals surface area contributed by atoms with Crippen LogP contribution in [-0.4, -0.2) is 54.2 Å². The number of amides is 1. The van der Waals surface area contributed by atoms with E-state index in [0.717, 1.165) is 29.7 Å².